The van der Waals surface area contributed by atoms with E-state index < -0.39 is 23.5 Å². The number of nitriles is 1. The van der Waals surface area contributed by atoms with Crippen LogP contribution in [0.25, 0.3) is 0 Å². The SMILES string of the molecule is CC(C)C(=O)N[C@@H](CC1CC1)C(=O)N(C)[C@@H](CC(C)(C)C)C(=O)N1C[C@]2(C[C@H]1C#N)C(=O)Nc1ccccc12. The maximum atomic E-state index is 14.2. The summed E-state index contributed by atoms with van der Waals surface area (Å²) in [5.41, 5.74) is 0.194. The Morgan fingerprint density at radius 2 is 1.90 bits per heavy atom. The van der Waals surface area contributed by atoms with E-state index in [1.165, 1.54) is 9.80 Å². The van der Waals surface area contributed by atoms with Crippen molar-refractivity contribution in [1.82, 2.24) is 15.1 Å². The minimum Gasteiger partial charge on any atom is -0.344 e. The maximum Gasteiger partial charge on any atom is 0.246 e. The highest BCUT2D eigenvalue weighted by Crippen LogP contribution is 2.46. The minimum atomic E-state index is -0.999. The van der Waals surface area contributed by atoms with E-state index >= 15 is 0 Å². The summed E-state index contributed by atoms with van der Waals surface area (Å²) in [6.07, 6.45) is 3.17. The molecule has 3 aliphatic rings. The Bertz CT molecular complexity index is 1190. The zero-order valence-electron chi connectivity index (χ0n) is 23.9. The topological polar surface area (TPSA) is 123 Å². The smallest absolute Gasteiger partial charge is 0.246 e. The number of amides is 4. The van der Waals surface area contributed by atoms with Gasteiger partial charge in [0.05, 0.1) is 11.5 Å². The van der Waals surface area contributed by atoms with Crippen LogP contribution in [0.4, 0.5) is 5.69 Å². The summed E-state index contributed by atoms with van der Waals surface area (Å²) < 4.78 is 0. The summed E-state index contributed by atoms with van der Waals surface area (Å²) in [5.74, 6) is -0.935. The number of anilines is 1. The number of likely N-dealkylation sites (N-methyl/N-ethyl adjacent to an activating group) is 1. The van der Waals surface area contributed by atoms with Crippen molar-refractivity contribution < 1.29 is 19.2 Å². The molecule has 0 bridgehead atoms. The van der Waals surface area contributed by atoms with Crippen LogP contribution in [0.5, 0.6) is 0 Å². The van der Waals surface area contributed by atoms with Crippen molar-refractivity contribution in [2.24, 2.45) is 17.3 Å². The van der Waals surface area contributed by atoms with Gasteiger partial charge < -0.3 is 20.4 Å². The maximum absolute atomic E-state index is 14.2. The number of benzene rings is 1. The third kappa shape index (κ3) is 5.80. The van der Waals surface area contributed by atoms with Gasteiger partial charge in [0.25, 0.3) is 0 Å². The predicted molar refractivity (Wildman–Crippen MR) is 147 cm³/mol. The van der Waals surface area contributed by atoms with Crippen LogP contribution in [0.15, 0.2) is 24.3 Å². The molecular formula is C30H41N5O4. The average molecular weight is 536 g/mol. The molecule has 1 saturated heterocycles. The minimum absolute atomic E-state index is 0.0746. The average Bonchev–Trinajstić information content (AvgIpc) is 3.54. The summed E-state index contributed by atoms with van der Waals surface area (Å²) in [4.78, 5) is 56.8. The number of para-hydroxylation sites is 1. The quantitative estimate of drug-likeness (QED) is 0.529. The lowest BCUT2D eigenvalue weighted by Gasteiger charge is -2.37. The summed E-state index contributed by atoms with van der Waals surface area (Å²) in [6, 6.07) is 7.28. The van der Waals surface area contributed by atoms with E-state index in [0.717, 1.165) is 18.4 Å². The van der Waals surface area contributed by atoms with Crippen LogP contribution >= 0.6 is 0 Å². The fourth-order valence-corrected chi connectivity index (χ4v) is 5.79. The predicted octanol–water partition coefficient (Wildman–Crippen LogP) is 3.21. The molecule has 1 aliphatic carbocycles. The standard InChI is InChI=1S/C30H41N5O4/c1-18(2)25(36)32-23(13-19-11-12-19)26(37)34(6)24(15-29(3,4)5)27(38)35-17-30(14-20(35)16-31)21-9-7-8-10-22(21)33-28(30)39/h7-10,18-20,23-24H,11-15,17H2,1-6H3,(H,32,36)(H,33,39)/t20-,23-,24-,30-/m0/s1. The van der Waals surface area contributed by atoms with Crippen molar-refractivity contribution in [1.29, 1.82) is 5.26 Å². The number of carbonyl (C=O) groups is 4. The van der Waals surface area contributed by atoms with Crippen LogP contribution in [-0.2, 0) is 24.6 Å². The molecule has 210 valence electrons. The molecule has 1 aromatic carbocycles. The molecule has 4 atom stereocenters. The van der Waals surface area contributed by atoms with Crippen LogP contribution in [0.2, 0.25) is 0 Å². The second kappa shape index (κ2) is 10.6. The first kappa shape index (κ1) is 28.6. The van der Waals surface area contributed by atoms with Gasteiger partial charge >= 0.3 is 0 Å². The lowest BCUT2D eigenvalue weighted by Crippen LogP contribution is -2.57. The molecular weight excluding hydrogens is 494 g/mol. The third-order valence-corrected chi connectivity index (χ3v) is 8.23. The first-order valence-electron chi connectivity index (χ1n) is 14.0. The van der Waals surface area contributed by atoms with Crippen LogP contribution in [0.3, 0.4) is 0 Å². The summed E-state index contributed by atoms with van der Waals surface area (Å²) in [6.45, 7) is 9.65. The van der Waals surface area contributed by atoms with Crippen LogP contribution in [-0.4, -0.2) is 65.1 Å². The summed E-state index contributed by atoms with van der Waals surface area (Å²) >= 11 is 0. The summed E-state index contributed by atoms with van der Waals surface area (Å²) in [5, 5.41) is 15.9. The van der Waals surface area contributed by atoms with Gasteiger partial charge in [-0.25, -0.2) is 0 Å². The van der Waals surface area contributed by atoms with E-state index in [1.54, 1.807) is 20.9 Å². The molecule has 4 amide bonds. The Morgan fingerprint density at radius 1 is 1.23 bits per heavy atom. The monoisotopic (exact) mass is 535 g/mol. The van der Waals surface area contributed by atoms with E-state index in [-0.39, 0.29) is 47.9 Å². The molecule has 9 nitrogen and oxygen atoms in total. The highest BCUT2D eigenvalue weighted by molar-refractivity contribution is 6.07. The number of rotatable bonds is 8. The van der Waals surface area contributed by atoms with Gasteiger partial charge in [-0.3, -0.25) is 19.2 Å². The Hall–Kier alpha value is -3.41. The van der Waals surface area contributed by atoms with Gasteiger partial charge in [0.1, 0.15) is 18.1 Å². The Kier molecular flexibility index (Phi) is 7.79. The largest absolute Gasteiger partial charge is 0.344 e. The van der Waals surface area contributed by atoms with Gasteiger partial charge in [-0.05, 0) is 35.8 Å². The summed E-state index contributed by atoms with van der Waals surface area (Å²) in [7, 11) is 1.61. The number of carbonyl (C=O) groups excluding carboxylic acids is 4. The highest BCUT2D eigenvalue weighted by atomic mass is 16.2. The van der Waals surface area contributed by atoms with Crippen molar-refractivity contribution >= 4 is 29.3 Å². The lowest BCUT2D eigenvalue weighted by molar-refractivity contribution is -0.148. The molecule has 1 spiro atoms. The van der Waals surface area contributed by atoms with Crippen molar-refractivity contribution in [2.45, 2.75) is 90.3 Å². The molecule has 0 aromatic heterocycles. The fourth-order valence-electron chi connectivity index (χ4n) is 5.79. The molecule has 4 rings (SSSR count). The number of likely N-dealkylation sites (tertiary alicyclic amines) is 1. The zero-order valence-corrected chi connectivity index (χ0v) is 23.9. The van der Waals surface area contributed by atoms with Gasteiger partial charge in [0, 0.05) is 31.6 Å². The van der Waals surface area contributed by atoms with Crippen molar-refractivity contribution in [3.05, 3.63) is 29.8 Å². The van der Waals surface area contributed by atoms with Crippen LogP contribution < -0.4 is 10.6 Å². The molecule has 0 unspecified atom stereocenters. The first-order valence-corrected chi connectivity index (χ1v) is 14.0. The second-order valence-corrected chi connectivity index (χ2v) is 13.0. The van der Waals surface area contributed by atoms with E-state index in [4.69, 9.17) is 0 Å². The molecule has 2 heterocycles. The number of hydrogen-bond acceptors (Lipinski definition) is 5. The van der Waals surface area contributed by atoms with Crippen molar-refractivity contribution in [2.75, 3.05) is 18.9 Å². The first-order chi connectivity index (χ1) is 18.3. The van der Waals surface area contributed by atoms with Gasteiger partial charge in [0.15, 0.2) is 0 Å². The third-order valence-electron chi connectivity index (χ3n) is 8.23. The van der Waals surface area contributed by atoms with Gasteiger partial charge in [0.2, 0.25) is 23.6 Å². The highest BCUT2D eigenvalue weighted by Gasteiger charge is 2.57. The molecule has 2 N–H and O–H groups in total. The van der Waals surface area contributed by atoms with Gasteiger partial charge in [-0.2, -0.15) is 5.26 Å². The molecule has 39 heavy (non-hydrogen) atoms. The molecule has 2 fully saturated rings. The molecule has 2 aliphatic heterocycles. The van der Waals surface area contributed by atoms with Gasteiger partial charge in [-0.1, -0.05) is 65.7 Å². The number of nitrogens with zero attached hydrogens (tertiary/aromatic N) is 3. The Labute approximate surface area is 231 Å². The lowest BCUT2D eigenvalue weighted by atomic mass is 9.80. The second-order valence-electron chi connectivity index (χ2n) is 13.0. The van der Waals surface area contributed by atoms with Crippen molar-refractivity contribution in [3.63, 3.8) is 0 Å². The fraction of sp³-hybridized carbons (Fsp3) is 0.633. The molecule has 1 aromatic rings. The van der Waals surface area contributed by atoms with Gasteiger partial charge in [-0.15, -0.1) is 0 Å². The van der Waals surface area contributed by atoms with Crippen LogP contribution in [0.1, 0.15) is 72.3 Å². The Balaban J connectivity index is 1.63. The number of fused-ring (bicyclic) bond motifs is 2. The number of hydrogen-bond donors (Lipinski definition) is 2. The van der Waals surface area contributed by atoms with Crippen molar-refractivity contribution in [3.8, 4) is 6.07 Å². The van der Waals surface area contributed by atoms with Crippen LogP contribution in [0, 0.1) is 28.6 Å². The van der Waals surface area contributed by atoms with E-state index in [1.807, 2.05) is 45.0 Å². The number of nitrogens with one attached hydrogen (secondary N) is 2. The molecule has 9 heteroatoms. The van der Waals surface area contributed by atoms with E-state index in [9.17, 15) is 24.4 Å². The zero-order chi connectivity index (χ0) is 28.7. The molecule has 0 radical (unpaired) electrons. The van der Waals surface area contributed by atoms with E-state index in [0.29, 0.717) is 24.4 Å². The molecule has 1 saturated carbocycles. The Morgan fingerprint density at radius 3 is 2.49 bits per heavy atom. The van der Waals surface area contributed by atoms with E-state index in [2.05, 4.69) is 16.7 Å². The normalized spacial score (nSPS) is 23.7.